The second kappa shape index (κ2) is 6.23. The standard InChI is InChI=1S/C14H10S.C8H6/c1-2-7-12-11(5-1)6-3-8-13(12)14-9-4-10-15-14;1-3-7-5-2-6-8(7)4-1/h1-10H;1-6H. The van der Waals surface area contributed by atoms with Crippen molar-refractivity contribution in [1.29, 1.82) is 0 Å². The van der Waals surface area contributed by atoms with Crippen molar-refractivity contribution in [2.45, 2.75) is 0 Å². The Balaban J connectivity index is 0.000000142. The SMILES string of the molecule is C1=CC2=CC=CC2=C1.c1csc(-c2cccc3ccccc23)c1. The van der Waals surface area contributed by atoms with E-state index in [1.54, 1.807) is 11.3 Å². The molecule has 2 aliphatic carbocycles. The summed E-state index contributed by atoms with van der Waals surface area (Å²) in [6, 6.07) is 19.3. The lowest BCUT2D eigenvalue weighted by molar-refractivity contribution is 1.69. The van der Waals surface area contributed by atoms with Gasteiger partial charge in [-0.15, -0.1) is 11.3 Å². The summed E-state index contributed by atoms with van der Waals surface area (Å²) in [7, 11) is 0. The van der Waals surface area contributed by atoms with Crippen LogP contribution in [0.2, 0.25) is 0 Å². The van der Waals surface area contributed by atoms with Gasteiger partial charge in [-0.3, -0.25) is 0 Å². The van der Waals surface area contributed by atoms with Gasteiger partial charge in [0, 0.05) is 4.88 Å². The van der Waals surface area contributed by atoms with E-state index in [4.69, 9.17) is 0 Å². The molecular weight excluding hydrogens is 296 g/mol. The average Bonchev–Trinajstić information content (AvgIpc) is 3.32. The van der Waals surface area contributed by atoms with E-state index >= 15 is 0 Å². The van der Waals surface area contributed by atoms with Gasteiger partial charge in [0.1, 0.15) is 0 Å². The van der Waals surface area contributed by atoms with Gasteiger partial charge >= 0.3 is 0 Å². The third-order valence-electron chi connectivity index (χ3n) is 4.01. The summed E-state index contributed by atoms with van der Waals surface area (Å²) < 4.78 is 0. The van der Waals surface area contributed by atoms with E-state index in [0.717, 1.165) is 0 Å². The number of rotatable bonds is 1. The zero-order chi connectivity index (χ0) is 15.5. The molecule has 1 heterocycles. The largest absolute Gasteiger partial charge is 0.144 e. The van der Waals surface area contributed by atoms with Gasteiger partial charge in [-0.25, -0.2) is 0 Å². The minimum absolute atomic E-state index is 1.31. The molecule has 0 atom stereocenters. The minimum atomic E-state index is 1.31. The molecule has 0 aliphatic heterocycles. The lowest BCUT2D eigenvalue weighted by Gasteiger charge is -2.03. The lowest BCUT2D eigenvalue weighted by Crippen LogP contribution is -1.76. The van der Waals surface area contributed by atoms with Crippen LogP contribution in [-0.4, -0.2) is 0 Å². The Labute approximate surface area is 140 Å². The van der Waals surface area contributed by atoms with Gasteiger partial charge in [-0.2, -0.15) is 0 Å². The maximum atomic E-state index is 2.19. The summed E-state index contributed by atoms with van der Waals surface area (Å²) in [5.41, 5.74) is 4.04. The zero-order valence-corrected chi connectivity index (χ0v) is 13.5. The van der Waals surface area contributed by atoms with Crippen LogP contribution >= 0.6 is 11.3 Å². The molecule has 1 heteroatoms. The highest BCUT2D eigenvalue weighted by atomic mass is 32.1. The lowest BCUT2D eigenvalue weighted by atomic mass is 10.0. The molecule has 0 fully saturated rings. The van der Waals surface area contributed by atoms with Crippen molar-refractivity contribution in [3.63, 3.8) is 0 Å². The van der Waals surface area contributed by atoms with Gasteiger partial charge in [-0.05, 0) is 38.9 Å². The van der Waals surface area contributed by atoms with Crippen molar-refractivity contribution >= 4 is 22.1 Å². The highest BCUT2D eigenvalue weighted by molar-refractivity contribution is 7.13. The van der Waals surface area contributed by atoms with Crippen molar-refractivity contribution in [2.24, 2.45) is 0 Å². The fourth-order valence-corrected chi connectivity index (χ4v) is 3.64. The first-order chi connectivity index (χ1) is 11.4. The van der Waals surface area contributed by atoms with E-state index in [0.29, 0.717) is 0 Å². The first kappa shape index (κ1) is 14.0. The third kappa shape index (κ3) is 2.84. The zero-order valence-electron chi connectivity index (χ0n) is 12.6. The molecule has 0 unspecified atom stereocenters. The normalized spacial score (nSPS) is 14.3. The molecule has 0 nitrogen and oxygen atoms in total. The van der Waals surface area contributed by atoms with Crippen LogP contribution in [0.15, 0.2) is 108 Å². The molecule has 0 saturated carbocycles. The van der Waals surface area contributed by atoms with Crippen molar-refractivity contribution in [3.05, 3.63) is 108 Å². The molecule has 0 amide bonds. The van der Waals surface area contributed by atoms with E-state index in [1.165, 1.54) is 32.4 Å². The second-order valence-electron chi connectivity index (χ2n) is 5.47. The summed E-state index contributed by atoms with van der Waals surface area (Å²) in [6.45, 7) is 0. The molecular formula is C22H16S. The van der Waals surface area contributed by atoms with Gasteiger partial charge in [0.25, 0.3) is 0 Å². The first-order valence-electron chi connectivity index (χ1n) is 7.70. The van der Waals surface area contributed by atoms with Gasteiger partial charge in [0.15, 0.2) is 0 Å². The smallest absolute Gasteiger partial charge is 0.0348 e. The maximum Gasteiger partial charge on any atom is 0.0348 e. The second-order valence-corrected chi connectivity index (χ2v) is 6.41. The highest BCUT2D eigenvalue weighted by Crippen LogP contribution is 2.31. The summed E-state index contributed by atoms with van der Waals surface area (Å²) in [6.07, 6.45) is 12.6. The predicted molar refractivity (Wildman–Crippen MR) is 102 cm³/mol. The molecule has 1 aromatic heterocycles. The van der Waals surface area contributed by atoms with Crippen molar-refractivity contribution in [3.8, 4) is 10.4 Å². The summed E-state index contributed by atoms with van der Waals surface area (Å²) >= 11 is 1.79. The van der Waals surface area contributed by atoms with Crippen LogP contribution in [0.5, 0.6) is 0 Å². The first-order valence-corrected chi connectivity index (χ1v) is 8.58. The van der Waals surface area contributed by atoms with Gasteiger partial charge in [0.05, 0.1) is 0 Å². The molecule has 23 heavy (non-hydrogen) atoms. The van der Waals surface area contributed by atoms with E-state index in [-0.39, 0.29) is 0 Å². The number of fused-ring (bicyclic) bond motifs is 2. The molecule has 0 saturated heterocycles. The molecule has 0 radical (unpaired) electrons. The van der Waals surface area contributed by atoms with E-state index in [9.17, 15) is 0 Å². The maximum absolute atomic E-state index is 2.19. The van der Waals surface area contributed by atoms with Gasteiger partial charge < -0.3 is 0 Å². The van der Waals surface area contributed by atoms with Gasteiger partial charge in [-0.1, -0.05) is 85.0 Å². The van der Waals surface area contributed by atoms with Crippen LogP contribution in [0.4, 0.5) is 0 Å². The Bertz CT molecular complexity index is 919. The summed E-state index contributed by atoms with van der Waals surface area (Å²) in [5, 5.41) is 4.77. The van der Waals surface area contributed by atoms with E-state index < -0.39 is 0 Å². The Hall–Kier alpha value is -2.64. The van der Waals surface area contributed by atoms with Crippen molar-refractivity contribution < 1.29 is 0 Å². The molecule has 0 spiro atoms. The molecule has 5 rings (SSSR count). The van der Waals surface area contributed by atoms with Crippen LogP contribution < -0.4 is 0 Å². The number of benzene rings is 2. The van der Waals surface area contributed by atoms with E-state index in [2.05, 4.69) is 96.4 Å². The molecule has 2 aliphatic rings. The van der Waals surface area contributed by atoms with Crippen LogP contribution in [0.3, 0.4) is 0 Å². The molecule has 110 valence electrons. The summed E-state index contributed by atoms with van der Waals surface area (Å²) in [4.78, 5) is 1.34. The van der Waals surface area contributed by atoms with Crippen LogP contribution in [0, 0.1) is 0 Å². The predicted octanol–water partition coefficient (Wildman–Crippen LogP) is 6.55. The Morgan fingerprint density at radius 3 is 2.13 bits per heavy atom. The fraction of sp³-hybridized carbons (Fsp3) is 0. The van der Waals surface area contributed by atoms with E-state index in [1.807, 2.05) is 0 Å². The minimum Gasteiger partial charge on any atom is -0.144 e. The van der Waals surface area contributed by atoms with Gasteiger partial charge in [0.2, 0.25) is 0 Å². The molecule has 0 N–H and O–H groups in total. The third-order valence-corrected chi connectivity index (χ3v) is 4.92. The molecule has 0 bridgehead atoms. The fourth-order valence-electron chi connectivity index (χ4n) is 2.88. The number of hydrogen-bond acceptors (Lipinski definition) is 1. The average molecular weight is 312 g/mol. The number of hydrogen-bond donors (Lipinski definition) is 0. The Kier molecular flexibility index (Phi) is 3.79. The van der Waals surface area contributed by atoms with Crippen LogP contribution in [0.25, 0.3) is 21.2 Å². The number of allylic oxidation sites excluding steroid dienone is 8. The quantitative estimate of drug-likeness (QED) is 0.478. The van der Waals surface area contributed by atoms with Crippen molar-refractivity contribution in [2.75, 3.05) is 0 Å². The van der Waals surface area contributed by atoms with Crippen LogP contribution in [-0.2, 0) is 0 Å². The van der Waals surface area contributed by atoms with Crippen molar-refractivity contribution in [1.82, 2.24) is 0 Å². The Morgan fingerprint density at radius 1 is 0.652 bits per heavy atom. The summed E-state index contributed by atoms with van der Waals surface area (Å²) in [5.74, 6) is 0. The molecule has 2 aromatic carbocycles. The highest BCUT2D eigenvalue weighted by Gasteiger charge is 2.04. The number of thiophene rings is 1. The molecule has 3 aromatic rings. The topological polar surface area (TPSA) is 0 Å². The monoisotopic (exact) mass is 312 g/mol. The van der Waals surface area contributed by atoms with Crippen LogP contribution in [0.1, 0.15) is 0 Å². The Morgan fingerprint density at radius 2 is 1.39 bits per heavy atom.